The number of halogens is 3. The van der Waals surface area contributed by atoms with Crippen molar-refractivity contribution in [1.82, 2.24) is 0 Å². The molecule has 0 aromatic heterocycles. The highest BCUT2D eigenvalue weighted by Gasteiger charge is 2.10. The van der Waals surface area contributed by atoms with Crippen LogP contribution in [-0.2, 0) is 0 Å². The highest BCUT2D eigenvalue weighted by Crippen LogP contribution is 2.15. The lowest BCUT2D eigenvalue weighted by Gasteiger charge is -1.97. The molecular weight excluding hydrogens is 179 g/mol. The summed E-state index contributed by atoms with van der Waals surface area (Å²) in [7, 11) is 0. The Balaban J connectivity index is 3.20. The molecule has 0 fully saturated rings. The zero-order chi connectivity index (χ0) is 9.84. The summed E-state index contributed by atoms with van der Waals surface area (Å²) in [4.78, 5) is 0. The first kappa shape index (κ1) is 9.33. The molecule has 0 saturated heterocycles. The second-order valence-electron chi connectivity index (χ2n) is 2.23. The van der Waals surface area contributed by atoms with Crippen LogP contribution in [0.3, 0.4) is 0 Å². The highest BCUT2D eigenvalue weighted by atomic mass is 19.2. The molecular formula is C9H4F3N. The summed E-state index contributed by atoms with van der Waals surface area (Å²) in [6.45, 7) is 0. The molecule has 1 aromatic rings. The van der Waals surface area contributed by atoms with Crippen molar-refractivity contribution in [3.63, 3.8) is 0 Å². The Labute approximate surface area is 72.7 Å². The van der Waals surface area contributed by atoms with Gasteiger partial charge in [0.2, 0.25) is 0 Å². The van der Waals surface area contributed by atoms with E-state index in [1.807, 2.05) is 0 Å². The summed E-state index contributed by atoms with van der Waals surface area (Å²) in [5.41, 5.74) is -0.152. The van der Waals surface area contributed by atoms with Crippen molar-refractivity contribution in [2.75, 3.05) is 0 Å². The van der Waals surface area contributed by atoms with E-state index in [0.29, 0.717) is 0 Å². The molecule has 0 saturated carbocycles. The zero-order valence-electron chi connectivity index (χ0n) is 6.39. The molecule has 0 amide bonds. The number of hydrogen-bond acceptors (Lipinski definition) is 1. The minimum absolute atomic E-state index is 0.152. The lowest BCUT2D eigenvalue weighted by atomic mass is 10.2. The third-order valence-electron chi connectivity index (χ3n) is 1.40. The van der Waals surface area contributed by atoms with Gasteiger partial charge in [-0.15, -0.1) is 0 Å². The van der Waals surface area contributed by atoms with Gasteiger partial charge in [-0.1, -0.05) is 0 Å². The maximum Gasteiger partial charge on any atom is 0.195 e. The molecule has 0 radical (unpaired) electrons. The van der Waals surface area contributed by atoms with Crippen LogP contribution in [0.5, 0.6) is 0 Å². The molecule has 0 aliphatic heterocycles. The van der Waals surface area contributed by atoms with E-state index in [-0.39, 0.29) is 5.56 Å². The third kappa shape index (κ3) is 1.88. The predicted molar refractivity (Wildman–Crippen MR) is 41.0 cm³/mol. The molecule has 0 spiro atoms. The maximum absolute atomic E-state index is 12.8. The molecule has 0 N–H and O–H groups in total. The highest BCUT2D eigenvalue weighted by molar-refractivity contribution is 5.52. The molecule has 0 unspecified atom stereocenters. The van der Waals surface area contributed by atoms with Gasteiger partial charge >= 0.3 is 0 Å². The second-order valence-corrected chi connectivity index (χ2v) is 2.23. The molecule has 1 aromatic carbocycles. The summed E-state index contributed by atoms with van der Waals surface area (Å²) in [5.74, 6) is -4.06. The van der Waals surface area contributed by atoms with E-state index in [2.05, 4.69) is 0 Å². The number of nitriles is 1. The van der Waals surface area contributed by atoms with E-state index in [1.165, 1.54) is 0 Å². The fraction of sp³-hybridized carbons (Fsp3) is 0. The van der Waals surface area contributed by atoms with Crippen LogP contribution in [0.4, 0.5) is 13.2 Å². The largest absolute Gasteiger partial charge is 0.204 e. The molecule has 1 rings (SSSR count). The number of hydrogen-bond donors (Lipinski definition) is 0. The van der Waals surface area contributed by atoms with Crippen LogP contribution in [0, 0.1) is 28.8 Å². The Morgan fingerprint density at radius 2 is 1.85 bits per heavy atom. The molecule has 13 heavy (non-hydrogen) atoms. The normalized spacial score (nSPS) is 10.3. The van der Waals surface area contributed by atoms with Gasteiger partial charge in [0.25, 0.3) is 0 Å². The van der Waals surface area contributed by atoms with E-state index in [1.54, 1.807) is 6.07 Å². The number of allylic oxidation sites excluding steroid dienone is 1. The number of benzene rings is 1. The van der Waals surface area contributed by atoms with Crippen LogP contribution in [0.1, 0.15) is 5.56 Å². The van der Waals surface area contributed by atoms with Gasteiger partial charge in [0.1, 0.15) is 0 Å². The first-order chi connectivity index (χ1) is 6.16. The average Bonchev–Trinajstić information content (AvgIpc) is 2.13. The van der Waals surface area contributed by atoms with Gasteiger partial charge in [-0.25, -0.2) is 13.2 Å². The minimum Gasteiger partial charge on any atom is -0.204 e. The summed E-state index contributed by atoms with van der Waals surface area (Å²) in [6.07, 6.45) is 2.05. The number of rotatable bonds is 1. The van der Waals surface area contributed by atoms with Gasteiger partial charge < -0.3 is 0 Å². The van der Waals surface area contributed by atoms with Crippen LogP contribution in [-0.4, -0.2) is 0 Å². The SMILES string of the molecule is N#CC=Cc1ccc(F)c(F)c1F. The van der Waals surface area contributed by atoms with Gasteiger partial charge in [-0.2, -0.15) is 5.26 Å². The maximum atomic E-state index is 12.8. The van der Waals surface area contributed by atoms with Crippen LogP contribution in [0.2, 0.25) is 0 Å². The molecule has 0 aliphatic carbocycles. The van der Waals surface area contributed by atoms with E-state index >= 15 is 0 Å². The van der Waals surface area contributed by atoms with Crippen molar-refractivity contribution in [2.24, 2.45) is 0 Å². The Bertz CT molecular complexity index is 391. The summed E-state index contributed by atoms with van der Waals surface area (Å²) >= 11 is 0. The van der Waals surface area contributed by atoms with Gasteiger partial charge in [-0.05, 0) is 18.2 Å². The van der Waals surface area contributed by atoms with Crippen LogP contribution >= 0.6 is 0 Å². The van der Waals surface area contributed by atoms with Crippen LogP contribution in [0.25, 0.3) is 6.08 Å². The second kappa shape index (κ2) is 3.76. The van der Waals surface area contributed by atoms with Crippen molar-refractivity contribution in [3.05, 3.63) is 41.2 Å². The lowest BCUT2D eigenvalue weighted by molar-refractivity contribution is 0.446. The van der Waals surface area contributed by atoms with Gasteiger partial charge in [0.15, 0.2) is 17.5 Å². The average molecular weight is 183 g/mol. The molecule has 0 heterocycles. The first-order valence-corrected chi connectivity index (χ1v) is 3.36. The van der Waals surface area contributed by atoms with Crippen molar-refractivity contribution < 1.29 is 13.2 Å². The molecule has 0 bridgehead atoms. The molecule has 4 heteroatoms. The summed E-state index contributed by atoms with van der Waals surface area (Å²) in [6, 6.07) is 3.47. The van der Waals surface area contributed by atoms with E-state index in [0.717, 1.165) is 24.3 Å². The quantitative estimate of drug-likeness (QED) is 0.485. The monoisotopic (exact) mass is 183 g/mol. The van der Waals surface area contributed by atoms with Gasteiger partial charge in [0, 0.05) is 11.6 Å². The first-order valence-electron chi connectivity index (χ1n) is 3.36. The lowest BCUT2D eigenvalue weighted by Crippen LogP contribution is -1.92. The Morgan fingerprint density at radius 3 is 2.46 bits per heavy atom. The molecule has 0 atom stereocenters. The zero-order valence-corrected chi connectivity index (χ0v) is 6.39. The number of nitrogens with zero attached hydrogens (tertiary/aromatic N) is 1. The van der Waals surface area contributed by atoms with Crippen LogP contribution < -0.4 is 0 Å². The van der Waals surface area contributed by atoms with Crippen LogP contribution in [0.15, 0.2) is 18.2 Å². The third-order valence-corrected chi connectivity index (χ3v) is 1.40. The van der Waals surface area contributed by atoms with Crippen molar-refractivity contribution in [3.8, 4) is 6.07 Å². The van der Waals surface area contributed by atoms with E-state index < -0.39 is 17.5 Å². The molecule has 1 nitrogen and oxygen atoms in total. The Morgan fingerprint density at radius 1 is 1.15 bits per heavy atom. The van der Waals surface area contributed by atoms with Crippen molar-refractivity contribution >= 4 is 6.08 Å². The molecule has 0 aliphatic rings. The Kier molecular flexibility index (Phi) is 2.70. The van der Waals surface area contributed by atoms with Crippen molar-refractivity contribution in [2.45, 2.75) is 0 Å². The fourth-order valence-corrected chi connectivity index (χ4v) is 0.797. The summed E-state index contributed by atoms with van der Waals surface area (Å²) < 4.78 is 37.7. The van der Waals surface area contributed by atoms with Gasteiger partial charge in [0.05, 0.1) is 6.07 Å². The van der Waals surface area contributed by atoms with E-state index in [9.17, 15) is 13.2 Å². The molecule has 66 valence electrons. The standard InChI is InChI=1S/C9H4F3N/c10-7-4-3-6(2-1-5-13)8(11)9(7)12/h1-4H. The predicted octanol–water partition coefficient (Wildman–Crippen LogP) is 2.64. The van der Waals surface area contributed by atoms with E-state index in [4.69, 9.17) is 5.26 Å². The fourth-order valence-electron chi connectivity index (χ4n) is 0.797. The van der Waals surface area contributed by atoms with Crippen molar-refractivity contribution in [1.29, 1.82) is 5.26 Å². The van der Waals surface area contributed by atoms with Gasteiger partial charge in [-0.3, -0.25) is 0 Å². The topological polar surface area (TPSA) is 23.8 Å². The summed E-state index contributed by atoms with van der Waals surface area (Å²) in [5, 5.41) is 8.12. The smallest absolute Gasteiger partial charge is 0.195 e. The Hall–Kier alpha value is -1.76. The minimum atomic E-state index is -1.53.